The number of benzene rings is 1. The molecule has 1 amide bonds. The number of hydrogen-bond donors (Lipinski definition) is 1. The second kappa shape index (κ2) is 7.80. The van der Waals surface area contributed by atoms with E-state index < -0.39 is 0 Å². The molecule has 150 valence electrons. The number of rotatable bonds is 6. The van der Waals surface area contributed by atoms with Crippen molar-refractivity contribution in [3.8, 4) is 0 Å². The van der Waals surface area contributed by atoms with E-state index in [1.165, 1.54) is 0 Å². The molecule has 3 aromatic rings. The van der Waals surface area contributed by atoms with Gasteiger partial charge in [-0.2, -0.15) is 5.10 Å². The largest absolute Gasteiger partial charge is 0.383 e. The fourth-order valence-corrected chi connectivity index (χ4v) is 3.31. The second-order valence-electron chi connectivity index (χ2n) is 8.42. The number of carbonyl (C=O) groups excluding carboxylic acids is 1. The average Bonchev–Trinajstić information content (AvgIpc) is 3.24. The maximum Gasteiger partial charge on any atom is 0.276 e. The lowest BCUT2D eigenvalue weighted by atomic mass is 10.1. The van der Waals surface area contributed by atoms with Crippen LogP contribution in [0.3, 0.4) is 0 Å². The van der Waals surface area contributed by atoms with Crippen LogP contribution < -0.4 is 5.32 Å². The van der Waals surface area contributed by atoms with E-state index in [1.54, 1.807) is 7.11 Å². The number of nitrogens with one attached hydrogen (secondary N) is 1. The molecule has 1 aromatic carbocycles. The molecule has 0 aliphatic rings. The first-order chi connectivity index (χ1) is 13.2. The van der Waals surface area contributed by atoms with E-state index in [0.29, 0.717) is 12.3 Å². The number of methoxy groups -OCH3 is 1. The van der Waals surface area contributed by atoms with Crippen molar-refractivity contribution in [2.24, 2.45) is 0 Å². The molecular weight excluding hydrogens is 352 g/mol. The van der Waals surface area contributed by atoms with Crippen LogP contribution >= 0.6 is 0 Å². The molecule has 0 fully saturated rings. The van der Waals surface area contributed by atoms with Gasteiger partial charge < -0.3 is 14.6 Å². The van der Waals surface area contributed by atoms with Crippen LogP contribution in [0.4, 0.5) is 5.69 Å². The zero-order chi connectivity index (χ0) is 20.5. The Morgan fingerprint density at radius 2 is 1.96 bits per heavy atom. The summed E-state index contributed by atoms with van der Waals surface area (Å²) in [5.41, 5.74) is 3.20. The van der Waals surface area contributed by atoms with Crippen LogP contribution in [0.2, 0.25) is 0 Å². The minimum atomic E-state index is -0.192. The molecule has 2 heterocycles. The zero-order valence-electron chi connectivity index (χ0n) is 17.6. The molecule has 0 bridgehead atoms. The fourth-order valence-electron chi connectivity index (χ4n) is 3.31. The predicted octanol–water partition coefficient (Wildman–Crippen LogP) is 4.61. The van der Waals surface area contributed by atoms with E-state index in [9.17, 15) is 4.79 Å². The second-order valence-corrected chi connectivity index (χ2v) is 8.42. The number of hydrogen-bond acceptors (Lipinski definition) is 3. The van der Waals surface area contributed by atoms with E-state index >= 15 is 0 Å². The van der Waals surface area contributed by atoms with Crippen molar-refractivity contribution in [3.05, 3.63) is 47.9 Å². The molecule has 0 saturated heterocycles. The highest BCUT2D eigenvalue weighted by molar-refractivity contribution is 6.04. The summed E-state index contributed by atoms with van der Waals surface area (Å²) in [7, 11) is 1.70. The number of anilines is 1. The summed E-state index contributed by atoms with van der Waals surface area (Å²) < 4.78 is 9.25. The normalized spacial score (nSPS) is 12.1. The molecule has 0 spiro atoms. The van der Waals surface area contributed by atoms with E-state index in [4.69, 9.17) is 4.74 Å². The number of aromatic nitrogens is 3. The molecule has 0 atom stereocenters. The van der Waals surface area contributed by atoms with Crippen molar-refractivity contribution in [3.63, 3.8) is 0 Å². The Kier molecular flexibility index (Phi) is 5.61. The quantitative estimate of drug-likeness (QED) is 0.677. The minimum absolute atomic E-state index is 0.178. The molecule has 0 saturated carbocycles. The van der Waals surface area contributed by atoms with Gasteiger partial charge in [-0.15, -0.1) is 0 Å². The third-order valence-electron chi connectivity index (χ3n) is 4.76. The third kappa shape index (κ3) is 4.12. The highest BCUT2D eigenvalue weighted by atomic mass is 16.5. The van der Waals surface area contributed by atoms with Crippen LogP contribution in [0.15, 0.2) is 36.5 Å². The van der Waals surface area contributed by atoms with Gasteiger partial charge in [0.05, 0.1) is 12.1 Å². The van der Waals surface area contributed by atoms with Crippen LogP contribution in [0.5, 0.6) is 0 Å². The standard InChI is InChI=1S/C22H30N4O2/c1-15(2)20-14-18(24-26(20)22(3,4)5)21(27)23-17-7-8-19-16(13-17)9-10-25(19)11-12-28-6/h7-10,13-15H,11-12H2,1-6H3,(H,23,27). The van der Waals surface area contributed by atoms with Crippen LogP contribution in [0, 0.1) is 0 Å². The zero-order valence-corrected chi connectivity index (χ0v) is 17.6. The number of carbonyl (C=O) groups is 1. The summed E-state index contributed by atoms with van der Waals surface area (Å²) in [6.45, 7) is 12.0. The molecule has 0 radical (unpaired) electrons. The Morgan fingerprint density at radius 1 is 1.21 bits per heavy atom. The molecule has 6 nitrogen and oxygen atoms in total. The monoisotopic (exact) mass is 382 g/mol. The molecule has 28 heavy (non-hydrogen) atoms. The van der Waals surface area contributed by atoms with Crippen molar-refractivity contribution >= 4 is 22.5 Å². The number of ether oxygens (including phenoxy) is 1. The molecule has 1 N–H and O–H groups in total. The molecule has 0 aliphatic heterocycles. The van der Waals surface area contributed by atoms with Crippen molar-refractivity contribution in [2.45, 2.75) is 52.6 Å². The van der Waals surface area contributed by atoms with E-state index in [-0.39, 0.29) is 17.4 Å². The molecule has 0 aliphatic carbocycles. The molecule has 3 rings (SSSR count). The predicted molar refractivity (Wildman–Crippen MR) is 113 cm³/mol. The SMILES string of the molecule is COCCn1ccc2cc(NC(=O)c3cc(C(C)C)n(C(C)(C)C)n3)ccc21. The van der Waals surface area contributed by atoms with Crippen LogP contribution in [0.1, 0.15) is 56.7 Å². The lowest BCUT2D eigenvalue weighted by Crippen LogP contribution is -2.26. The maximum atomic E-state index is 12.8. The minimum Gasteiger partial charge on any atom is -0.383 e. The topological polar surface area (TPSA) is 61.1 Å². The van der Waals surface area contributed by atoms with Crippen molar-refractivity contribution in [1.29, 1.82) is 0 Å². The summed E-state index contributed by atoms with van der Waals surface area (Å²) in [4.78, 5) is 12.8. The van der Waals surface area contributed by atoms with Crippen molar-refractivity contribution in [2.75, 3.05) is 19.0 Å². The number of amides is 1. The lowest BCUT2D eigenvalue weighted by Gasteiger charge is -2.23. The van der Waals surface area contributed by atoms with Crippen molar-refractivity contribution < 1.29 is 9.53 Å². The molecule has 6 heteroatoms. The Hall–Kier alpha value is -2.60. The Balaban J connectivity index is 1.83. The van der Waals surface area contributed by atoms with Gasteiger partial charge in [0, 0.05) is 42.1 Å². The van der Waals surface area contributed by atoms with Gasteiger partial charge in [0.15, 0.2) is 5.69 Å². The summed E-state index contributed by atoms with van der Waals surface area (Å²) in [6, 6.07) is 9.87. The van der Waals surface area contributed by atoms with Gasteiger partial charge in [-0.3, -0.25) is 9.48 Å². The number of nitrogens with zero attached hydrogens (tertiary/aromatic N) is 3. The van der Waals surface area contributed by atoms with E-state index in [2.05, 4.69) is 49.6 Å². The van der Waals surface area contributed by atoms with Crippen LogP contribution in [-0.4, -0.2) is 34.0 Å². The Bertz CT molecular complexity index is 976. The van der Waals surface area contributed by atoms with Gasteiger partial charge in [-0.25, -0.2) is 0 Å². The van der Waals surface area contributed by atoms with E-state index in [0.717, 1.165) is 28.8 Å². The number of fused-ring (bicyclic) bond motifs is 1. The smallest absolute Gasteiger partial charge is 0.276 e. The Morgan fingerprint density at radius 3 is 2.57 bits per heavy atom. The Labute approximate surface area is 166 Å². The fraction of sp³-hybridized carbons (Fsp3) is 0.455. The van der Waals surface area contributed by atoms with Crippen molar-refractivity contribution in [1.82, 2.24) is 14.3 Å². The first kappa shape index (κ1) is 20.1. The summed E-state index contributed by atoms with van der Waals surface area (Å²) in [5.74, 6) is 0.0968. The summed E-state index contributed by atoms with van der Waals surface area (Å²) >= 11 is 0. The third-order valence-corrected chi connectivity index (χ3v) is 4.76. The van der Waals surface area contributed by atoms with Gasteiger partial charge in [-0.05, 0) is 57.0 Å². The van der Waals surface area contributed by atoms with Gasteiger partial charge >= 0.3 is 0 Å². The first-order valence-corrected chi connectivity index (χ1v) is 9.70. The maximum absolute atomic E-state index is 12.8. The highest BCUT2D eigenvalue weighted by Gasteiger charge is 2.23. The van der Waals surface area contributed by atoms with Crippen LogP contribution in [0.25, 0.3) is 10.9 Å². The van der Waals surface area contributed by atoms with Gasteiger partial charge in [0.25, 0.3) is 5.91 Å². The van der Waals surface area contributed by atoms with Gasteiger partial charge in [0.2, 0.25) is 0 Å². The lowest BCUT2D eigenvalue weighted by molar-refractivity contribution is 0.102. The average molecular weight is 383 g/mol. The summed E-state index contributed by atoms with van der Waals surface area (Å²) in [6.07, 6.45) is 2.04. The van der Waals surface area contributed by atoms with Crippen LogP contribution in [-0.2, 0) is 16.8 Å². The summed E-state index contributed by atoms with van der Waals surface area (Å²) in [5, 5.41) is 8.65. The van der Waals surface area contributed by atoms with Gasteiger partial charge in [-0.1, -0.05) is 13.8 Å². The van der Waals surface area contributed by atoms with Gasteiger partial charge in [0.1, 0.15) is 0 Å². The highest BCUT2D eigenvalue weighted by Crippen LogP contribution is 2.25. The molecule has 2 aromatic heterocycles. The molecule has 0 unspecified atom stereocenters. The first-order valence-electron chi connectivity index (χ1n) is 9.70. The molecular formula is C22H30N4O2. The van der Waals surface area contributed by atoms with E-state index in [1.807, 2.05) is 41.2 Å².